The van der Waals surface area contributed by atoms with Crippen molar-refractivity contribution in [3.05, 3.63) is 0 Å². The van der Waals surface area contributed by atoms with Crippen LogP contribution in [0, 0.1) is 0 Å². The van der Waals surface area contributed by atoms with Gasteiger partial charge in [0.05, 0.1) is 19.8 Å². The van der Waals surface area contributed by atoms with Gasteiger partial charge in [-0.15, -0.1) is 0 Å². The van der Waals surface area contributed by atoms with E-state index in [0.29, 0.717) is 32.6 Å². The highest BCUT2D eigenvalue weighted by Crippen LogP contribution is 2.16. The Hall–Kier alpha value is -1.75. The van der Waals surface area contributed by atoms with Crippen molar-refractivity contribution in [3.8, 4) is 0 Å². The van der Waals surface area contributed by atoms with Crippen LogP contribution in [0.2, 0.25) is 0 Å². The summed E-state index contributed by atoms with van der Waals surface area (Å²) in [5.74, 6) is 0.0759. The summed E-state index contributed by atoms with van der Waals surface area (Å²) in [6.07, 6.45) is 54.5. The van der Waals surface area contributed by atoms with Crippen LogP contribution in [0.5, 0.6) is 0 Å². The SMILES string of the molecule is CCCCCCCCCCCCN(CCCCCCCCCCCC)CCN(CCCCCCCCCCCC)CCN1CCN(C(=O)CN(CCCCCC(=O)OCCCCC)CCCCCC(=O)OCCCCC)CC1. The van der Waals surface area contributed by atoms with Crippen molar-refractivity contribution in [1.29, 1.82) is 0 Å². The first-order chi connectivity index (χ1) is 38.4. The molecular formula is C68H135N5O5. The second kappa shape index (κ2) is 58.4. The van der Waals surface area contributed by atoms with Crippen LogP contribution in [-0.4, -0.2) is 147 Å². The van der Waals surface area contributed by atoms with E-state index in [-0.39, 0.29) is 17.8 Å². The van der Waals surface area contributed by atoms with E-state index in [1.54, 1.807) is 0 Å². The van der Waals surface area contributed by atoms with Crippen molar-refractivity contribution in [2.45, 2.75) is 317 Å². The van der Waals surface area contributed by atoms with Crippen LogP contribution < -0.4 is 0 Å². The van der Waals surface area contributed by atoms with E-state index in [9.17, 15) is 14.4 Å². The van der Waals surface area contributed by atoms with E-state index >= 15 is 0 Å². The predicted octanol–water partition coefficient (Wildman–Crippen LogP) is 17.4. The summed E-state index contributed by atoms with van der Waals surface area (Å²) >= 11 is 0. The number of amides is 1. The Morgan fingerprint density at radius 2 is 0.590 bits per heavy atom. The Bertz CT molecular complexity index is 1220. The molecule has 1 amide bonds. The zero-order chi connectivity index (χ0) is 56.5. The van der Waals surface area contributed by atoms with Crippen molar-refractivity contribution in [1.82, 2.24) is 24.5 Å². The van der Waals surface area contributed by atoms with Crippen molar-refractivity contribution in [2.24, 2.45) is 0 Å². The first kappa shape index (κ1) is 74.3. The van der Waals surface area contributed by atoms with Crippen LogP contribution in [0.4, 0.5) is 0 Å². The van der Waals surface area contributed by atoms with E-state index in [1.807, 2.05) is 0 Å². The number of hydrogen-bond acceptors (Lipinski definition) is 9. The fourth-order valence-electron chi connectivity index (χ4n) is 11.3. The van der Waals surface area contributed by atoms with E-state index in [2.05, 4.69) is 59.1 Å². The molecule has 0 bridgehead atoms. The molecule has 10 heteroatoms. The molecule has 0 unspecified atom stereocenters. The smallest absolute Gasteiger partial charge is 0.305 e. The van der Waals surface area contributed by atoms with Crippen molar-refractivity contribution in [2.75, 3.05) is 105 Å². The fourth-order valence-corrected chi connectivity index (χ4v) is 11.3. The van der Waals surface area contributed by atoms with Gasteiger partial charge in [0, 0.05) is 65.2 Å². The molecule has 1 heterocycles. The normalized spacial score (nSPS) is 13.2. The maximum absolute atomic E-state index is 14.0. The minimum Gasteiger partial charge on any atom is -0.466 e. The third kappa shape index (κ3) is 48.9. The van der Waals surface area contributed by atoms with Gasteiger partial charge in [-0.2, -0.15) is 0 Å². The number of ether oxygens (including phenoxy) is 2. The summed E-state index contributed by atoms with van der Waals surface area (Å²) < 4.78 is 10.9. The molecule has 0 radical (unpaired) electrons. The summed E-state index contributed by atoms with van der Waals surface area (Å²) in [6.45, 7) is 26.3. The average Bonchev–Trinajstić information content (AvgIpc) is 3.44. The fraction of sp³-hybridized carbons (Fsp3) is 0.956. The highest BCUT2D eigenvalue weighted by Gasteiger charge is 2.23. The van der Waals surface area contributed by atoms with Gasteiger partial charge in [-0.25, -0.2) is 0 Å². The number of carbonyl (C=O) groups excluding carboxylic acids is 3. The molecule has 1 aliphatic rings. The number of nitrogens with zero attached hydrogens (tertiary/aromatic N) is 5. The second-order valence-electron chi connectivity index (χ2n) is 24.2. The molecule has 10 nitrogen and oxygen atoms in total. The summed E-state index contributed by atoms with van der Waals surface area (Å²) in [4.78, 5) is 51.3. The number of rotatable bonds is 61. The maximum Gasteiger partial charge on any atom is 0.305 e. The van der Waals surface area contributed by atoms with E-state index in [4.69, 9.17) is 9.47 Å². The summed E-state index contributed by atoms with van der Waals surface area (Å²) in [5.41, 5.74) is 0. The average molecular weight is 1100 g/mol. The van der Waals surface area contributed by atoms with Gasteiger partial charge < -0.3 is 24.2 Å². The van der Waals surface area contributed by atoms with Crippen LogP contribution >= 0.6 is 0 Å². The lowest BCUT2D eigenvalue weighted by atomic mass is 10.1. The van der Waals surface area contributed by atoms with Crippen LogP contribution in [0.15, 0.2) is 0 Å². The number of unbranched alkanes of at least 4 members (excludes halogenated alkanes) is 35. The molecule has 1 saturated heterocycles. The molecule has 0 spiro atoms. The first-order valence-corrected chi connectivity index (χ1v) is 34.8. The third-order valence-electron chi connectivity index (χ3n) is 16.8. The van der Waals surface area contributed by atoms with Crippen LogP contribution in [0.3, 0.4) is 0 Å². The zero-order valence-electron chi connectivity index (χ0n) is 53.2. The quantitative estimate of drug-likeness (QED) is 0.0437. The van der Waals surface area contributed by atoms with Crippen molar-refractivity contribution < 1.29 is 23.9 Å². The van der Waals surface area contributed by atoms with Gasteiger partial charge in [0.2, 0.25) is 5.91 Å². The number of hydrogen-bond donors (Lipinski definition) is 0. The molecule has 0 N–H and O–H groups in total. The second-order valence-corrected chi connectivity index (χ2v) is 24.2. The minimum atomic E-state index is -0.0840. The van der Waals surface area contributed by atoms with Crippen molar-refractivity contribution in [3.63, 3.8) is 0 Å². The van der Waals surface area contributed by atoms with Gasteiger partial charge >= 0.3 is 11.9 Å². The topological polar surface area (TPSA) is 85.9 Å². The summed E-state index contributed by atoms with van der Waals surface area (Å²) in [7, 11) is 0. The van der Waals surface area contributed by atoms with Crippen LogP contribution in [0.1, 0.15) is 317 Å². The summed E-state index contributed by atoms with van der Waals surface area (Å²) in [5, 5.41) is 0. The van der Waals surface area contributed by atoms with Gasteiger partial charge in [0.25, 0.3) is 0 Å². The lowest BCUT2D eigenvalue weighted by molar-refractivity contribution is -0.144. The molecule has 1 aliphatic heterocycles. The zero-order valence-corrected chi connectivity index (χ0v) is 53.2. The Kier molecular flexibility index (Phi) is 55.6. The number of esters is 2. The highest BCUT2D eigenvalue weighted by atomic mass is 16.5. The Balaban J connectivity index is 2.83. The molecule has 0 aromatic carbocycles. The Morgan fingerprint density at radius 1 is 0.308 bits per heavy atom. The molecule has 0 atom stereocenters. The van der Waals surface area contributed by atoms with Crippen molar-refractivity contribution >= 4 is 17.8 Å². The van der Waals surface area contributed by atoms with E-state index in [1.165, 1.54) is 225 Å². The highest BCUT2D eigenvalue weighted by molar-refractivity contribution is 5.78. The molecule has 0 saturated carbocycles. The van der Waals surface area contributed by atoms with Gasteiger partial charge in [-0.3, -0.25) is 24.2 Å². The first-order valence-electron chi connectivity index (χ1n) is 34.8. The largest absolute Gasteiger partial charge is 0.466 e. The van der Waals surface area contributed by atoms with Gasteiger partial charge in [-0.1, -0.05) is 247 Å². The summed E-state index contributed by atoms with van der Waals surface area (Å²) in [6, 6.07) is 0. The molecule has 0 aromatic heterocycles. The molecule has 462 valence electrons. The van der Waals surface area contributed by atoms with E-state index < -0.39 is 0 Å². The Labute approximate surface area is 486 Å². The molecule has 0 aliphatic carbocycles. The molecule has 1 fully saturated rings. The molecule has 78 heavy (non-hydrogen) atoms. The van der Waals surface area contributed by atoms with Gasteiger partial charge in [0.15, 0.2) is 0 Å². The molecule has 1 rings (SSSR count). The number of carbonyl (C=O) groups is 3. The molecular weight excluding hydrogens is 967 g/mol. The van der Waals surface area contributed by atoms with Gasteiger partial charge in [-0.05, 0) is 90.5 Å². The monoisotopic (exact) mass is 1100 g/mol. The van der Waals surface area contributed by atoms with Crippen LogP contribution in [-0.2, 0) is 23.9 Å². The predicted molar refractivity (Wildman–Crippen MR) is 336 cm³/mol. The van der Waals surface area contributed by atoms with Crippen LogP contribution in [0.25, 0.3) is 0 Å². The van der Waals surface area contributed by atoms with Gasteiger partial charge in [0.1, 0.15) is 0 Å². The maximum atomic E-state index is 14.0. The lowest BCUT2D eigenvalue weighted by Crippen LogP contribution is -2.52. The Morgan fingerprint density at radius 3 is 0.936 bits per heavy atom. The van der Waals surface area contributed by atoms with E-state index in [0.717, 1.165) is 129 Å². The standard InChI is InChI=1S/C68H135N5O5/c1-6-11-16-19-22-25-28-31-34-41-50-69(51-42-35-32-29-26-23-20-17-12-7-2)55-56-70(52-43-36-33-30-27-24-21-18-13-8-3)57-58-71-59-61-73(62-60-71)66(74)65-72(53-44-37-39-48-67(75)77-63-46-14-9-4)54-45-38-40-49-68(76)78-64-47-15-10-5/h6-65H2,1-5H3. The third-order valence-corrected chi connectivity index (χ3v) is 16.8. The lowest BCUT2D eigenvalue weighted by Gasteiger charge is -2.37. The minimum absolute atomic E-state index is 0.0840. The molecule has 0 aromatic rings. The number of piperazine rings is 1.